The summed E-state index contributed by atoms with van der Waals surface area (Å²) in [5.74, 6) is 0.798. The molecule has 92 valence electrons. The van der Waals surface area contributed by atoms with Gasteiger partial charge < -0.3 is 5.32 Å². The Morgan fingerprint density at radius 1 is 1.59 bits per heavy atom. The average molecular weight is 253 g/mol. The van der Waals surface area contributed by atoms with Gasteiger partial charge in [0.25, 0.3) is 0 Å². The fourth-order valence-electron chi connectivity index (χ4n) is 1.53. The molecule has 0 saturated carbocycles. The van der Waals surface area contributed by atoms with Crippen LogP contribution in [0.4, 0.5) is 5.13 Å². The second-order valence-corrected chi connectivity index (χ2v) is 4.55. The van der Waals surface area contributed by atoms with Gasteiger partial charge in [0, 0.05) is 30.7 Å². The van der Waals surface area contributed by atoms with E-state index in [1.807, 2.05) is 6.92 Å². The summed E-state index contributed by atoms with van der Waals surface area (Å²) in [5, 5.41) is 7.79. The van der Waals surface area contributed by atoms with E-state index in [1.165, 1.54) is 11.5 Å². The number of amides is 1. The number of carbonyl (C=O) groups is 1. The van der Waals surface area contributed by atoms with Crippen LogP contribution in [0.3, 0.4) is 0 Å². The zero-order valence-electron chi connectivity index (χ0n) is 9.64. The van der Waals surface area contributed by atoms with Crippen molar-refractivity contribution in [1.29, 1.82) is 0 Å². The third kappa shape index (κ3) is 3.23. The molecule has 0 fully saturated rings. The van der Waals surface area contributed by atoms with Crippen LogP contribution in [-0.2, 0) is 11.2 Å². The molecule has 1 amide bonds. The molecule has 7 heteroatoms. The van der Waals surface area contributed by atoms with E-state index in [9.17, 15) is 4.79 Å². The highest BCUT2D eigenvalue weighted by Crippen LogP contribution is 2.12. The third-order valence-corrected chi connectivity index (χ3v) is 3.23. The van der Waals surface area contributed by atoms with Gasteiger partial charge in [0.15, 0.2) is 0 Å². The summed E-state index contributed by atoms with van der Waals surface area (Å²) in [5.41, 5.74) is 2.43. The molecule has 2 heterocycles. The van der Waals surface area contributed by atoms with E-state index in [-0.39, 0.29) is 11.8 Å². The Kier molecular flexibility index (Phi) is 4.03. The Bertz CT molecular complexity index is 417. The van der Waals surface area contributed by atoms with E-state index >= 15 is 0 Å². The summed E-state index contributed by atoms with van der Waals surface area (Å²) in [6.45, 7) is 2.83. The van der Waals surface area contributed by atoms with Crippen molar-refractivity contribution in [3.63, 3.8) is 0 Å². The molecule has 0 radical (unpaired) electrons. The fraction of sp³-hybridized carbons (Fsp3) is 0.600. The van der Waals surface area contributed by atoms with Crippen LogP contribution in [0.25, 0.3) is 0 Å². The summed E-state index contributed by atoms with van der Waals surface area (Å²) in [7, 11) is 0. The smallest absolute Gasteiger partial charge is 0.248 e. The van der Waals surface area contributed by atoms with Crippen LogP contribution in [0.15, 0.2) is 5.10 Å². The molecular formula is C10H15N5OS. The second-order valence-electron chi connectivity index (χ2n) is 3.80. The molecule has 2 N–H and O–H groups in total. The minimum atomic E-state index is -0.0718. The third-order valence-electron chi connectivity index (χ3n) is 2.52. The molecule has 17 heavy (non-hydrogen) atoms. The number of hydrazone groups is 1. The molecule has 0 bridgehead atoms. The number of anilines is 1. The summed E-state index contributed by atoms with van der Waals surface area (Å²) in [6, 6.07) is 0. The lowest BCUT2D eigenvalue weighted by atomic mass is 10.1. The molecule has 1 aromatic heterocycles. The molecular weight excluding hydrogens is 238 g/mol. The maximum absolute atomic E-state index is 11.2. The van der Waals surface area contributed by atoms with Gasteiger partial charge in [0.2, 0.25) is 11.0 Å². The fourth-order valence-corrected chi connectivity index (χ4v) is 2.21. The molecule has 0 saturated heterocycles. The van der Waals surface area contributed by atoms with Crippen molar-refractivity contribution in [1.82, 2.24) is 14.8 Å². The van der Waals surface area contributed by atoms with Gasteiger partial charge in [-0.2, -0.15) is 9.47 Å². The van der Waals surface area contributed by atoms with Gasteiger partial charge in [0.05, 0.1) is 5.92 Å². The quantitative estimate of drug-likeness (QED) is 0.742. The highest BCUT2D eigenvalue weighted by molar-refractivity contribution is 7.09. The number of hydrogen-bond acceptors (Lipinski definition) is 6. The van der Waals surface area contributed by atoms with Gasteiger partial charge in [-0.1, -0.05) is 6.92 Å². The van der Waals surface area contributed by atoms with Crippen LogP contribution < -0.4 is 10.7 Å². The molecule has 0 aromatic carbocycles. The number of nitrogens with zero attached hydrogens (tertiary/aromatic N) is 3. The number of rotatable bonds is 6. The van der Waals surface area contributed by atoms with Gasteiger partial charge in [-0.05, 0) is 12.8 Å². The van der Waals surface area contributed by atoms with E-state index in [2.05, 4.69) is 25.2 Å². The monoisotopic (exact) mass is 253 g/mol. The second kappa shape index (κ2) is 5.72. The maximum Gasteiger partial charge on any atom is 0.248 e. The Morgan fingerprint density at radius 2 is 2.47 bits per heavy atom. The van der Waals surface area contributed by atoms with E-state index in [0.717, 1.165) is 36.8 Å². The van der Waals surface area contributed by atoms with Gasteiger partial charge in [-0.15, -0.1) is 0 Å². The summed E-state index contributed by atoms with van der Waals surface area (Å²) < 4.78 is 4.19. The first kappa shape index (κ1) is 12.0. The first-order valence-corrected chi connectivity index (χ1v) is 6.46. The van der Waals surface area contributed by atoms with Gasteiger partial charge in [0.1, 0.15) is 5.82 Å². The average Bonchev–Trinajstić information content (AvgIpc) is 2.94. The summed E-state index contributed by atoms with van der Waals surface area (Å²) >= 11 is 1.38. The Morgan fingerprint density at radius 3 is 3.12 bits per heavy atom. The Hall–Kier alpha value is -1.50. The summed E-state index contributed by atoms with van der Waals surface area (Å²) in [4.78, 5) is 15.5. The van der Waals surface area contributed by atoms with Crippen molar-refractivity contribution in [2.24, 2.45) is 11.0 Å². The minimum absolute atomic E-state index is 0.00538. The van der Waals surface area contributed by atoms with Crippen molar-refractivity contribution < 1.29 is 4.79 Å². The highest BCUT2D eigenvalue weighted by atomic mass is 32.1. The van der Waals surface area contributed by atoms with Crippen LogP contribution in [-0.4, -0.2) is 28.0 Å². The van der Waals surface area contributed by atoms with Crippen molar-refractivity contribution in [3.05, 3.63) is 5.82 Å². The molecule has 0 aliphatic carbocycles. The number of hydrogen-bond donors (Lipinski definition) is 2. The molecule has 1 aliphatic rings. The van der Waals surface area contributed by atoms with E-state index in [0.29, 0.717) is 0 Å². The van der Waals surface area contributed by atoms with Crippen LogP contribution in [0, 0.1) is 5.92 Å². The van der Waals surface area contributed by atoms with Gasteiger partial charge >= 0.3 is 0 Å². The molecule has 1 atom stereocenters. The predicted molar refractivity (Wildman–Crippen MR) is 67.1 cm³/mol. The predicted octanol–water partition coefficient (Wildman–Crippen LogP) is 1.02. The Labute approximate surface area is 104 Å². The molecule has 1 aliphatic heterocycles. The number of aromatic nitrogens is 2. The Balaban J connectivity index is 1.66. The zero-order valence-corrected chi connectivity index (χ0v) is 10.5. The number of aryl methyl sites for hydroxylation is 1. The lowest BCUT2D eigenvalue weighted by molar-refractivity contribution is -0.122. The van der Waals surface area contributed by atoms with E-state index in [1.54, 1.807) is 6.21 Å². The van der Waals surface area contributed by atoms with Crippen LogP contribution in [0.2, 0.25) is 0 Å². The van der Waals surface area contributed by atoms with Crippen LogP contribution in [0.1, 0.15) is 25.6 Å². The topological polar surface area (TPSA) is 79.3 Å². The largest absolute Gasteiger partial charge is 0.360 e. The van der Waals surface area contributed by atoms with E-state index < -0.39 is 0 Å². The van der Waals surface area contributed by atoms with Gasteiger partial charge in [-0.25, -0.2) is 10.4 Å². The lowest BCUT2D eigenvalue weighted by Gasteiger charge is -2.04. The molecule has 2 rings (SSSR count). The molecule has 6 nitrogen and oxygen atoms in total. The van der Waals surface area contributed by atoms with Crippen molar-refractivity contribution >= 4 is 28.8 Å². The van der Waals surface area contributed by atoms with Crippen LogP contribution >= 0.6 is 11.5 Å². The standard InChI is InChI=1S/C10H15N5OS/c1-2-8-13-10(17-15-8)11-5-3-4-7-6-12-14-9(7)16/h6-7H,2-5H2,1H3,(H,14,16)(H,11,13,15)/t7-/m0/s1. The molecule has 0 unspecified atom stereocenters. The number of carbonyl (C=O) groups excluding carboxylic acids is 1. The maximum atomic E-state index is 11.2. The van der Waals surface area contributed by atoms with Crippen molar-refractivity contribution in [3.8, 4) is 0 Å². The highest BCUT2D eigenvalue weighted by Gasteiger charge is 2.19. The van der Waals surface area contributed by atoms with Crippen molar-refractivity contribution in [2.45, 2.75) is 26.2 Å². The zero-order chi connectivity index (χ0) is 12.1. The molecule has 0 spiro atoms. The first-order valence-electron chi connectivity index (χ1n) is 5.69. The summed E-state index contributed by atoms with van der Waals surface area (Å²) in [6.07, 6.45) is 4.24. The minimum Gasteiger partial charge on any atom is -0.360 e. The van der Waals surface area contributed by atoms with Crippen molar-refractivity contribution in [2.75, 3.05) is 11.9 Å². The normalized spacial score (nSPS) is 18.4. The lowest BCUT2D eigenvalue weighted by Crippen LogP contribution is -2.20. The number of nitrogens with one attached hydrogen (secondary N) is 2. The molecule has 1 aromatic rings. The first-order chi connectivity index (χ1) is 8.29. The van der Waals surface area contributed by atoms with E-state index in [4.69, 9.17) is 0 Å². The van der Waals surface area contributed by atoms with Crippen LogP contribution in [0.5, 0.6) is 0 Å². The SMILES string of the molecule is CCc1nsc(NCCC[C@H]2C=NNC2=O)n1. The van der Waals surface area contributed by atoms with Gasteiger partial charge in [-0.3, -0.25) is 4.79 Å².